The SMILES string of the molecule is COc1ccc(S(=O)(=O)NCc2ccc3ncoc3c2)c(C)c1. The molecule has 0 bridgehead atoms. The maximum atomic E-state index is 12.5. The van der Waals surface area contributed by atoms with Gasteiger partial charge in [-0.25, -0.2) is 18.1 Å². The number of nitrogens with one attached hydrogen (secondary N) is 1. The molecule has 2 aromatic carbocycles. The topological polar surface area (TPSA) is 81.4 Å². The molecular formula is C16H16N2O4S. The second-order valence-electron chi connectivity index (χ2n) is 5.11. The summed E-state index contributed by atoms with van der Waals surface area (Å²) in [6, 6.07) is 10.2. The Morgan fingerprint density at radius 1 is 1.22 bits per heavy atom. The van der Waals surface area contributed by atoms with Crippen molar-refractivity contribution in [1.82, 2.24) is 9.71 Å². The molecule has 7 heteroatoms. The predicted molar refractivity (Wildman–Crippen MR) is 85.8 cm³/mol. The fourth-order valence-corrected chi connectivity index (χ4v) is 3.56. The number of fused-ring (bicyclic) bond motifs is 1. The number of aryl methyl sites for hydroxylation is 1. The van der Waals surface area contributed by atoms with E-state index in [9.17, 15) is 8.42 Å². The maximum Gasteiger partial charge on any atom is 0.241 e. The lowest BCUT2D eigenvalue weighted by atomic mass is 10.2. The highest BCUT2D eigenvalue weighted by molar-refractivity contribution is 7.89. The van der Waals surface area contributed by atoms with Crippen molar-refractivity contribution < 1.29 is 17.6 Å². The Hall–Kier alpha value is -2.38. The normalized spacial score (nSPS) is 11.7. The van der Waals surface area contributed by atoms with Crippen LogP contribution < -0.4 is 9.46 Å². The first-order valence-electron chi connectivity index (χ1n) is 6.96. The first-order chi connectivity index (χ1) is 11.0. The summed E-state index contributed by atoms with van der Waals surface area (Å²) < 4.78 is 37.8. The molecular weight excluding hydrogens is 316 g/mol. The van der Waals surface area contributed by atoms with Gasteiger partial charge in [0.2, 0.25) is 10.0 Å². The van der Waals surface area contributed by atoms with Gasteiger partial charge in [-0.3, -0.25) is 0 Å². The van der Waals surface area contributed by atoms with Gasteiger partial charge in [-0.05, 0) is 48.4 Å². The zero-order valence-electron chi connectivity index (χ0n) is 12.7. The van der Waals surface area contributed by atoms with E-state index in [1.165, 1.54) is 12.5 Å². The fourth-order valence-electron chi connectivity index (χ4n) is 2.32. The van der Waals surface area contributed by atoms with Gasteiger partial charge in [-0.15, -0.1) is 0 Å². The standard InChI is InChI=1S/C16H16N2O4S/c1-11-7-13(21-2)4-6-16(11)23(19,20)18-9-12-3-5-14-15(8-12)22-10-17-14/h3-8,10,18H,9H2,1-2H3. The van der Waals surface area contributed by atoms with Crippen molar-refractivity contribution >= 4 is 21.1 Å². The van der Waals surface area contributed by atoms with Crippen molar-refractivity contribution in [3.63, 3.8) is 0 Å². The molecule has 23 heavy (non-hydrogen) atoms. The van der Waals surface area contributed by atoms with E-state index in [4.69, 9.17) is 9.15 Å². The molecule has 0 fully saturated rings. The molecule has 0 saturated carbocycles. The monoisotopic (exact) mass is 332 g/mol. The summed E-state index contributed by atoms with van der Waals surface area (Å²) in [4.78, 5) is 4.26. The van der Waals surface area contributed by atoms with Gasteiger partial charge < -0.3 is 9.15 Å². The molecule has 1 heterocycles. The summed E-state index contributed by atoms with van der Waals surface area (Å²) in [7, 11) is -2.06. The summed E-state index contributed by atoms with van der Waals surface area (Å²) >= 11 is 0. The Labute approximate surface area is 134 Å². The van der Waals surface area contributed by atoms with Crippen LogP contribution in [0.25, 0.3) is 11.1 Å². The molecule has 0 radical (unpaired) electrons. The Balaban J connectivity index is 1.80. The van der Waals surface area contributed by atoms with Gasteiger partial charge in [0.15, 0.2) is 12.0 Å². The number of oxazole rings is 1. The molecule has 6 nitrogen and oxygen atoms in total. The van der Waals surface area contributed by atoms with E-state index in [2.05, 4.69) is 9.71 Å². The van der Waals surface area contributed by atoms with Crippen LogP contribution in [0, 0.1) is 6.92 Å². The third-order valence-electron chi connectivity index (χ3n) is 3.53. The second kappa shape index (κ2) is 6.02. The van der Waals surface area contributed by atoms with Crippen molar-refractivity contribution in [2.24, 2.45) is 0 Å². The third kappa shape index (κ3) is 3.20. The Kier molecular flexibility index (Phi) is 4.06. The molecule has 1 aromatic heterocycles. The van der Waals surface area contributed by atoms with Crippen LogP contribution in [0.4, 0.5) is 0 Å². The van der Waals surface area contributed by atoms with Crippen molar-refractivity contribution in [2.45, 2.75) is 18.4 Å². The molecule has 0 saturated heterocycles. The smallest absolute Gasteiger partial charge is 0.241 e. The zero-order valence-corrected chi connectivity index (χ0v) is 13.6. The van der Waals surface area contributed by atoms with Gasteiger partial charge in [0, 0.05) is 6.54 Å². The highest BCUT2D eigenvalue weighted by Gasteiger charge is 2.17. The molecule has 120 valence electrons. The number of aromatic nitrogens is 1. The van der Waals surface area contributed by atoms with Gasteiger partial charge in [0.25, 0.3) is 0 Å². The molecule has 0 atom stereocenters. The van der Waals surface area contributed by atoms with E-state index in [0.29, 0.717) is 16.9 Å². The third-order valence-corrected chi connectivity index (χ3v) is 5.10. The number of hydrogen-bond acceptors (Lipinski definition) is 5. The maximum absolute atomic E-state index is 12.5. The van der Waals surface area contributed by atoms with E-state index in [0.717, 1.165) is 11.1 Å². The molecule has 0 aliphatic carbocycles. The number of sulfonamides is 1. The lowest BCUT2D eigenvalue weighted by molar-refractivity contribution is 0.414. The summed E-state index contributed by atoms with van der Waals surface area (Å²) in [5, 5.41) is 0. The molecule has 0 amide bonds. The van der Waals surface area contributed by atoms with Gasteiger partial charge in [0.05, 0.1) is 12.0 Å². The number of hydrogen-bond donors (Lipinski definition) is 1. The molecule has 1 N–H and O–H groups in total. The average Bonchev–Trinajstić information content (AvgIpc) is 3.00. The fraction of sp³-hybridized carbons (Fsp3) is 0.188. The lowest BCUT2D eigenvalue weighted by Crippen LogP contribution is -2.24. The number of rotatable bonds is 5. The Morgan fingerprint density at radius 3 is 2.78 bits per heavy atom. The van der Waals surface area contributed by atoms with Crippen molar-refractivity contribution in [1.29, 1.82) is 0 Å². The molecule has 3 aromatic rings. The van der Waals surface area contributed by atoms with Crippen LogP contribution >= 0.6 is 0 Å². The number of benzene rings is 2. The Morgan fingerprint density at radius 2 is 2.04 bits per heavy atom. The summed E-state index contributed by atoms with van der Waals surface area (Å²) in [5.74, 6) is 0.622. The van der Waals surface area contributed by atoms with Crippen molar-refractivity contribution in [3.8, 4) is 5.75 Å². The van der Waals surface area contributed by atoms with Crippen molar-refractivity contribution in [2.75, 3.05) is 7.11 Å². The van der Waals surface area contributed by atoms with Crippen LogP contribution in [0.5, 0.6) is 5.75 Å². The van der Waals surface area contributed by atoms with Crippen LogP contribution in [-0.2, 0) is 16.6 Å². The van der Waals surface area contributed by atoms with E-state index in [-0.39, 0.29) is 11.4 Å². The summed E-state index contributed by atoms with van der Waals surface area (Å²) in [6.07, 6.45) is 1.36. The van der Waals surface area contributed by atoms with Gasteiger partial charge in [-0.2, -0.15) is 0 Å². The zero-order chi connectivity index (χ0) is 16.4. The average molecular weight is 332 g/mol. The highest BCUT2D eigenvalue weighted by atomic mass is 32.2. The minimum Gasteiger partial charge on any atom is -0.497 e. The largest absolute Gasteiger partial charge is 0.497 e. The molecule has 0 aliphatic rings. The quantitative estimate of drug-likeness (QED) is 0.777. The predicted octanol–water partition coefficient (Wildman–Crippen LogP) is 2.62. The minimum atomic E-state index is -3.61. The van der Waals surface area contributed by atoms with Gasteiger partial charge in [0.1, 0.15) is 11.3 Å². The summed E-state index contributed by atoms with van der Waals surface area (Å²) in [6.45, 7) is 1.90. The lowest BCUT2D eigenvalue weighted by Gasteiger charge is -2.10. The number of nitrogens with zero attached hydrogens (tertiary/aromatic N) is 1. The Bertz CT molecular complexity index is 948. The minimum absolute atomic E-state index is 0.171. The summed E-state index contributed by atoms with van der Waals surface area (Å²) in [5.41, 5.74) is 2.79. The molecule has 0 aliphatic heterocycles. The van der Waals surface area contributed by atoms with Crippen LogP contribution in [0.3, 0.4) is 0 Å². The van der Waals surface area contributed by atoms with Gasteiger partial charge in [-0.1, -0.05) is 6.07 Å². The first kappa shape index (κ1) is 15.5. The van der Waals surface area contributed by atoms with E-state index >= 15 is 0 Å². The number of ether oxygens (including phenoxy) is 1. The van der Waals surface area contributed by atoms with Crippen LogP contribution in [0.2, 0.25) is 0 Å². The highest BCUT2D eigenvalue weighted by Crippen LogP contribution is 2.21. The van der Waals surface area contributed by atoms with E-state index < -0.39 is 10.0 Å². The molecule has 3 rings (SSSR count). The second-order valence-corrected chi connectivity index (χ2v) is 6.85. The van der Waals surface area contributed by atoms with Gasteiger partial charge >= 0.3 is 0 Å². The molecule has 0 unspecified atom stereocenters. The van der Waals surface area contributed by atoms with Crippen LogP contribution in [0.15, 0.2) is 52.1 Å². The first-order valence-corrected chi connectivity index (χ1v) is 8.44. The molecule has 0 spiro atoms. The van der Waals surface area contributed by atoms with E-state index in [1.54, 1.807) is 38.3 Å². The van der Waals surface area contributed by atoms with Crippen LogP contribution in [-0.4, -0.2) is 20.5 Å². The number of methoxy groups -OCH3 is 1. The van der Waals surface area contributed by atoms with Crippen LogP contribution in [0.1, 0.15) is 11.1 Å². The van der Waals surface area contributed by atoms with E-state index in [1.807, 2.05) is 6.07 Å². The van der Waals surface area contributed by atoms with Crippen molar-refractivity contribution in [3.05, 3.63) is 53.9 Å².